The van der Waals surface area contributed by atoms with Gasteiger partial charge in [0.05, 0.1) is 19.4 Å². The van der Waals surface area contributed by atoms with E-state index in [-0.39, 0.29) is 24.2 Å². The van der Waals surface area contributed by atoms with Gasteiger partial charge in [-0.1, -0.05) is 18.2 Å². The summed E-state index contributed by atoms with van der Waals surface area (Å²) in [7, 11) is 0.369. The SMILES string of the molecule is COc1ccc2cc(CN(C)C(=O)CN(C(C)CS(C)(=O)=O)C3CC3)ccc2c1. The van der Waals surface area contributed by atoms with E-state index in [1.54, 1.807) is 19.1 Å². The summed E-state index contributed by atoms with van der Waals surface area (Å²) in [5.74, 6) is 0.905. The van der Waals surface area contributed by atoms with Crippen LogP contribution in [0.15, 0.2) is 36.4 Å². The van der Waals surface area contributed by atoms with Crippen LogP contribution < -0.4 is 4.74 Å². The number of amides is 1. The summed E-state index contributed by atoms with van der Waals surface area (Å²) in [4.78, 5) is 16.6. The standard InChI is InChI=1S/C22H30N2O4S/c1-16(15-29(4,26)27)24(20-8-9-20)14-22(25)23(2)13-17-5-6-19-12-21(28-3)10-7-18(19)11-17/h5-7,10-12,16,20H,8-9,13-15H2,1-4H3. The lowest BCUT2D eigenvalue weighted by molar-refractivity contribution is -0.132. The van der Waals surface area contributed by atoms with Crippen LogP contribution >= 0.6 is 0 Å². The van der Waals surface area contributed by atoms with Gasteiger partial charge in [0.15, 0.2) is 0 Å². The number of fused-ring (bicyclic) bond motifs is 1. The number of hydrogen-bond acceptors (Lipinski definition) is 5. The number of sulfone groups is 1. The molecule has 3 rings (SSSR count). The number of benzene rings is 2. The van der Waals surface area contributed by atoms with E-state index in [1.165, 1.54) is 6.26 Å². The van der Waals surface area contributed by atoms with Gasteiger partial charge in [0, 0.05) is 31.9 Å². The summed E-state index contributed by atoms with van der Waals surface area (Å²) >= 11 is 0. The lowest BCUT2D eigenvalue weighted by Gasteiger charge is -2.30. The molecular formula is C22H30N2O4S. The molecule has 1 fully saturated rings. The van der Waals surface area contributed by atoms with Crippen molar-refractivity contribution in [1.82, 2.24) is 9.80 Å². The summed E-state index contributed by atoms with van der Waals surface area (Å²) in [5.41, 5.74) is 1.06. The molecule has 1 aliphatic rings. The minimum atomic E-state index is -3.08. The third kappa shape index (κ3) is 5.93. The maximum absolute atomic E-state index is 12.8. The van der Waals surface area contributed by atoms with Crippen molar-refractivity contribution in [3.63, 3.8) is 0 Å². The zero-order valence-corrected chi connectivity index (χ0v) is 18.4. The van der Waals surface area contributed by atoms with E-state index in [0.29, 0.717) is 12.6 Å². The number of ether oxygens (including phenoxy) is 1. The molecule has 29 heavy (non-hydrogen) atoms. The molecule has 0 aromatic heterocycles. The monoisotopic (exact) mass is 418 g/mol. The van der Waals surface area contributed by atoms with Gasteiger partial charge >= 0.3 is 0 Å². The van der Waals surface area contributed by atoms with Crippen LogP contribution in [0.4, 0.5) is 0 Å². The second kappa shape index (κ2) is 8.71. The van der Waals surface area contributed by atoms with E-state index in [4.69, 9.17) is 4.74 Å². The number of carbonyl (C=O) groups excluding carboxylic acids is 1. The van der Waals surface area contributed by atoms with Gasteiger partial charge in [-0.25, -0.2) is 8.42 Å². The van der Waals surface area contributed by atoms with Crippen LogP contribution in [0.3, 0.4) is 0 Å². The molecule has 1 amide bonds. The smallest absolute Gasteiger partial charge is 0.236 e. The summed E-state index contributed by atoms with van der Waals surface area (Å²) in [6.07, 6.45) is 3.30. The zero-order valence-electron chi connectivity index (χ0n) is 17.6. The molecule has 0 saturated heterocycles. The van der Waals surface area contributed by atoms with Crippen molar-refractivity contribution >= 4 is 26.5 Å². The highest BCUT2D eigenvalue weighted by Gasteiger charge is 2.35. The molecule has 6 nitrogen and oxygen atoms in total. The lowest BCUT2D eigenvalue weighted by Crippen LogP contribution is -2.45. The molecule has 0 bridgehead atoms. The van der Waals surface area contributed by atoms with Crippen molar-refractivity contribution < 1.29 is 17.9 Å². The molecule has 158 valence electrons. The van der Waals surface area contributed by atoms with E-state index in [0.717, 1.165) is 34.9 Å². The molecule has 2 aromatic carbocycles. The summed E-state index contributed by atoms with van der Waals surface area (Å²) in [6.45, 7) is 2.66. The summed E-state index contributed by atoms with van der Waals surface area (Å²) < 4.78 is 28.6. The van der Waals surface area contributed by atoms with Crippen LogP contribution in [-0.4, -0.2) is 68.9 Å². The summed E-state index contributed by atoms with van der Waals surface area (Å²) in [6, 6.07) is 12.2. The number of methoxy groups -OCH3 is 1. The van der Waals surface area contributed by atoms with Crippen molar-refractivity contribution in [2.75, 3.05) is 32.7 Å². The Bertz CT molecular complexity index is 985. The first-order chi connectivity index (χ1) is 13.7. The maximum Gasteiger partial charge on any atom is 0.236 e. The van der Waals surface area contributed by atoms with Gasteiger partial charge in [-0.2, -0.15) is 0 Å². The fraction of sp³-hybridized carbons (Fsp3) is 0.500. The van der Waals surface area contributed by atoms with Crippen LogP contribution in [0.25, 0.3) is 10.8 Å². The first-order valence-electron chi connectivity index (χ1n) is 9.90. The van der Waals surface area contributed by atoms with E-state index in [1.807, 2.05) is 42.2 Å². The van der Waals surface area contributed by atoms with E-state index in [2.05, 4.69) is 6.07 Å². The van der Waals surface area contributed by atoms with Crippen LogP contribution in [0.5, 0.6) is 5.75 Å². The Kier molecular flexibility index (Phi) is 6.49. The quantitative estimate of drug-likeness (QED) is 0.626. The Morgan fingerprint density at radius 3 is 2.45 bits per heavy atom. The van der Waals surface area contributed by atoms with Gasteiger partial charge in [0.2, 0.25) is 5.91 Å². The molecule has 1 aliphatic carbocycles. The van der Waals surface area contributed by atoms with Gasteiger partial charge < -0.3 is 9.64 Å². The second-order valence-corrected chi connectivity index (χ2v) is 10.3. The molecular weight excluding hydrogens is 388 g/mol. The number of nitrogens with zero attached hydrogens (tertiary/aromatic N) is 2. The number of hydrogen-bond donors (Lipinski definition) is 0. The molecule has 0 aliphatic heterocycles. The Morgan fingerprint density at radius 1 is 1.17 bits per heavy atom. The first kappa shape index (κ1) is 21.6. The Morgan fingerprint density at radius 2 is 1.83 bits per heavy atom. The van der Waals surface area contributed by atoms with Crippen LogP contribution in [-0.2, 0) is 21.2 Å². The van der Waals surface area contributed by atoms with Crippen molar-refractivity contribution in [2.45, 2.75) is 38.4 Å². The van der Waals surface area contributed by atoms with Gasteiger partial charge in [-0.3, -0.25) is 9.69 Å². The van der Waals surface area contributed by atoms with Crippen LogP contribution in [0.2, 0.25) is 0 Å². The molecule has 0 radical (unpaired) electrons. The molecule has 1 saturated carbocycles. The van der Waals surface area contributed by atoms with Crippen molar-refractivity contribution in [2.24, 2.45) is 0 Å². The Labute approximate surface area is 173 Å². The topological polar surface area (TPSA) is 66.9 Å². The van der Waals surface area contributed by atoms with Gasteiger partial charge in [0.1, 0.15) is 15.6 Å². The fourth-order valence-corrected chi connectivity index (χ4v) is 4.79. The first-order valence-corrected chi connectivity index (χ1v) is 12.0. The highest BCUT2D eigenvalue weighted by Crippen LogP contribution is 2.29. The van der Waals surface area contributed by atoms with E-state index >= 15 is 0 Å². The van der Waals surface area contributed by atoms with Crippen molar-refractivity contribution in [3.05, 3.63) is 42.0 Å². The third-order valence-corrected chi connectivity index (χ3v) is 6.49. The lowest BCUT2D eigenvalue weighted by atomic mass is 10.1. The number of likely N-dealkylation sites (N-methyl/N-ethyl adjacent to an activating group) is 1. The van der Waals surface area contributed by atoms with Gasteiger partial charge in [0.25, 0.3) is 0 Å². The van der Waals surface area contributed by atoms with Crippen LogP contribution in [0.1, 0.15) is 25.3 Å². The maximum atomic E-state index is 12.8. The predicted molar refractivity (Wildman–Crippen MR) is 116 cm³/mol. The second-order valence-electron chi connectivity index (χ2n) is 8.14. The molecule has 2 aromatic rings. The third-order valence-electron chi connectivity index (χ3n) is 5.40. The zero-order chi connectivity index (χ0) is 21.2. The largest absolute Gasteiger partial charge is 0.497 e. The molecule has 1 unspecified atom stereocenters. The molecule has 1 atom stereocenters. The molecule has 0 heterocycles. The number of carbonyl (C=O) groups is 1. The van der Waals surface area contributed by atoms with Gasteiger partial charge in [-0.15, -0.1) is 0 Å². The predicted octanol–water partition coefficient (Wildman–Crippen LogP) is 2.70. The van der Waals surface area contributed by atoms with Crippen molar-refractivity contribution in [3.8, 4) is 5.75 Å². The minimum Gasteiger partial charge on any atom is -0.497 e. The fourth-order valence-electron chi connectivity index (χ4n) is 3.72. The average molecular weight is 419 g/mol. The van der Waals surface area contributed by atoms with Gasteiger partial charge in [-0.05, 0) is 54.3 Å². The minimum absolute atomic E-state index is 0.00655. The summed E-state index contributed by atoms with van der Waals surface area (Å²) in [5, 5.41) is 2.20. The van der Waals surface area contributed by atoms with E-state index in [9.17, 15) is 13.2 Å². The Hall–Kier alpha value is -2.12. The highest BCUT2D eigenvalue weighted by molar-refractivity contribution is 7.90. The van der Waals surface area contributed by atoms with Crippen LogP contribution in [0, 0.1) is 0 Å². The number of rotatable bonds is 9. The van der Waals surface area contributed by atoms with E-state index < -0.39 is 9.84 Å². The highest BCUT2D eigenvalue weighted by atomic mass is 32.2. The molecule has 0 N–H and O–H groups in total. The Balaban J connectivity index is 1.65. The normalized spacial score (nSPS) is 15.5. The van der Waals surface area contributed by atoms with Crippen molar-refractivity contribution in [1.29, 1.82) is 0 Å². The molecule has 7 heteroatoms. The molecule has 0 spiro atoms. The average Bonchev–Trinajstić information content (AvgIpc) is 3.48.